The lowest BCUT2D eigenvalue weighted by molar-refractivity contribution is -0.138. The van der Waals surface area contributed by atoms with Gasteiger partial charge in [0.2, 0.25) is 0 Å². The average molecular weight is 271 g/mol. The first-order valence-corrected chi connectivity index (χ1v) is 5.20. The number of para-hydroxylation sites is 1. The first kappa shape index (κ1) is 11.8. The molecule has 1 aromatic carbocycles. The van der Waals surface area contributed by atoms with E-state index in [0.29, 0.717) is 6.61 Å². The maximum atomic E-state index is 10.7. The van der Waals surface area contributed by atoms with Gasteiger partial charge < -0.3 is 9.47 Å². The average Bonchev–Trinajstić information content (AvgIpc) is 2.26. The van der Waals surface area contributed by atoms with Crippen LogP contribution in [0.5, 0.6) is 5.75 Å². The number of carbonyl (C=O) groups excluding carboxylic acids is 1. The molecule has 3 nitrogen and oxygen atoms in total. The van der Waals surface area contributed by atoms with Crippen LogP contribution in [0, 0.1) is 0 Å². The van der Waals surface area contributed by atoms with Gasteiger partial charge in [0.25, 0.3) is 0 Å². The zero-order valence-electron chi connectivity index (χ0n) is 8.11. The van der Waals surface area contributed by atoms with Gasteiger partial charge in [-0.05, 0) is 28.1 Å². The molecule has 0 amide bonds. The third-order valence-corrected chi connectivity index (χ3v) is 2.24. The van der Waals surface area contributed by atoms with Crippen LogP contribution < -0.4 is 4.74 Å². The van der Waals surface area contributed by atoms with Crippen LogP contribution in [0.1, 0.15) is 0 Å². The number of ether oxygens (including phenoxy) is 2. The number of hydrogen-bond acceptors (Lipinski definition) is 3. The summed E-state index contributed by atoms with van der Waals surface area (Å²) in [7, 11) is 0. The van der Waals surface area contributed by atoms with Crippen LogP contribution in [0.3, 0.4) is 0 Å². The molecule has 1 rings (SSSR count). The summed E-state index contributed by atoms with van der Waals surface area (Å²) in [5.41, 5.74) is 0. The summed E-state index contributed by atoms with van der Waals surface area (Å²) in [4.78, 5) is 10.7. The zero-order valence-corrected chi connectivity index (χ0v) is 9.70. The van der Waals surface area contributed by atoms with Crippen molar-refractivity contribution in [2.24, 2.45) is 0 Å². The van der Waals surface area contributed by atoms with Crippen LogP contribution in [0.15, 0.2) is 41.4 Å². The van der Waals surface area contributed by atoms with Crippen molar-refractivity contribution in [3.63, 3.8) is 0 Å². The Morgan fingerprint density at radius 3 is 2.80 bits per heavy atom. The third-order valence-electron chi connectivity index (χ3n) is 1.59. The largest absolute Gasteiger partial charge is 0.489 e. The first-order valence-electron chi connectivity index (χ1n) is 4.40. The molecule has 0 spiro atoms. The monoisotopic (exact) mass is 270 g/mol. The lowest BCUT2D eigenvalue weighted by Gasteiger charge is -2.07. The van der Waals surface area contributed by atoms with E-state index in [1.807, 2.05) is 24.3 Å². The van der Waals surface area contributed by atoms with Gasteiger partial charge in [0, 0.05) is 6.08 Å². The van der Waals surface area contributed by atoms with E-state index in [-0.39, 0.29) is 6.61 Å². The minimum atomic E-state index is -0.439. The summed E-state index contributed by atoms with van der Waals surface area (Å²) >= 11 is 3.34. The molecule has 0 fully saturated rings. The van der Waals surface area contributed by atoms with E-state index in [4.69, 9.17) is 9.47 Å². The highest BCUT2D eigenvalue weighted by atomic mass is 79.9. The van der Waals surface area contributed by atoms with E-state index in [1.165, 1.54) is 0 Å². The summed E-state index contributed by atoms with van der Waals surface area (Å²) in [6, 6.07) is 7.48. The lowest BCUT2D eigenvalue weighted by atomic mass is 10.3. The van der Waals surface area contributed by atoms with Crippen LogP contribution in [-0.2, 0) is 9.53 Å². The third kappa shape index (κ3) is 4.16. The van der Waals surface area contributed by atoms with Crippen molar-refractivity contribution in [1.82, 2.24) is 0 Å². The zero-order chi connectivity index (χ0) is 11.1. The lowest BCUT2D eigenvalue weighted by Crippen LogP contribution is -2.10. The fourth-order valence-electron chi connectivity index (χ4n) is 0.915. The standard InChI is InChI=1S/C11H11BrO3/c1-2-11(13)15-8-7-14-10-6-4-3-5-9(10)12/h2-6H,1,7-8H2. The topological polar surface area (TPSA) is 35.5 Å². The van der Waals surface area contributed by atoms with Crippen molar-refractivity contribution >= 4 is 21.9 Å². The number of halogens is 1. The van der Waals surface area contributed by atoms with Crippen LogP contribution in [0.25, 0.3) is 0 Å². The van der Waals surface area contributed by atoms with Crippen molar-refractivity contribution in [3.05, 3.63) is 41.4 Å². The predicted molar refractivity (Wildman–Crippen MR) is 60.8 cm³/mol. The summed E-state index contributed by atoms with van der Waals surface area (Å²) in [5.74, 6) is 0.290. The normalized spacial score (nSPS) is 9.40. The van der Waals surface area contributed by atoms with E-state index >= 15 is 0 Å². The molecular formula is C11H11BrO3. The predicted octanol–water partition coefficient (Wildman–Crippen LogP) is 2.56. The Bertz CT molecular complexity index is 349. The van der Waals surface area contributed by atoms with Crippen molar-refractivity contribution in [1.29, 1.82) is 0 Å². The fourth-order valence-corrected chi connectivity index (χ4v) is 1.31. The molecular weight excluding hydrogens is 260 g/mol. The summed E-state index contributed by atoms with van der Waals surface area (Å²) in [6.07, 6.45) is 1.12. The van der Waals surface area contributed by atoms with Gasteiger partial charge in [-0.3, -0.25) is 0 Å². The SMILES string of the molecule is C=CC(=O)OCCOc1ccccc1Br. The van der Waals surface area contributed by atoms with Crippen LogP contribution in [0.4, 0.5) is 0 Å². The summed E-state index contributed by atoms with van der Waals surface area (Å²) < 4.78 is 11.0. The molecule has 4 heteroatoms. The molecule has 0 aliphatic carbocycles. The van der Waals surface area contributed by atoms with Gasteiger partial charge in [-0.15, -0.1) is 0 Å². The Morgan fingerprint density at radius 2 is 2.13 bits per heavy atom. The number of rotatable bonds is 5. The van der Waals surface area contributed by atoms with Gasteiger partial charge in [-0.25, -0.2) is 4.79 Å². The fraction of sp³-hybridized carbons (Fsp3) is 0.182. The Morgan fingerprint density at radius 1 is 1.40 bits per heavy atom. The second kappa shape index (κ2) is 6.24. The van der Waals surface area contributed by atoms with E-state index in [0.717, 1.165) is 16.3 Å². The molecule has 0 saturated carbocycles. The van der Waals surface area contributed by atoms with Gasteiger partial charge >= 0.3 is 5.97 Å². The Labute approximate surface area is 96.8 Å². The molecule has 1 aromatic rings. The highest BCUT2D eigenvalue weighted by Crippen LogP contribution is 2.23. The molecule has 0 aromatic heterocycles. The van der Waals surface area contributed by atoms with Gasteiger partial charge in [0.1, 0.15) is 19.0 Å². The van der Waals surface area contributed by atoms with E-state index in [2.05, 4.69) is 22.5 Å². The maximum Gasteiger partial charge on any atom is 0.330 e. The minimum Gasteiger partial charge on any atom is -0.489 e. The van der Waals surface area contributed by atoms with Gasteiger partial charge in [-0.2, -0.15) is 0 Å². The second-order valence-corrected chi connectivity index (χ2v) is 3.50. The maximum absolute atomic E-state index is 10.7. The number of esters is 1. The molecule has 0 bridgehead atoms. The van der Waals surface area contributed by atoms with Gasteiger partial charge in [-0.1, -0.05) is 18.7 Å². The van der Waals surface area contributed by atoms with Crippen molar-refractivity contribution < 1.29 is 14.3 Å². The van der Waals surface area contributed by atoms with Crippen LogP contribution in [-0.4, -0.2) is 19.2 Å². The Hall–Kier alpha value is -1.29. The van der Waals surface area contributed by atoms with Crippen LogP contribution >= 0.6 is 15.9 Å². The molecule has 0 aliphatic rings. The molecule has 15 heavy (non-hydrogen) atoms. The van der Waals surface area contributed by atoms with Crippen molar-refractivity contribution in [3.8, 4) is 5.75 Å². The highest BCUT2D eigenvalue weighted by Gasteiger charge is 1.99. The van der Waals surface area contributed by atoms with Crippen molar-refractivity contribution in [2.45, 2.75) is 0 Å². The molecule has 80 valence electrons. The second-order valence-electron chi connectivity index (χ2n) is 2.65. The van der Waals surface area contributed by atoms with Crippen molar-refractivity contribution in [2.75, 3.05) is 13.2 Å². The highest BCUT2D eigenvalue weighted by molar-refractivity contribution is 9.10. The molecule has 0 unspecified atom stereocenters. The molecule has 0 N–H and O–H groups in total. The quantitative estimate of drug-likeness (QED) is 0.469. The van der Waals surface area contributed by atoms with E-state index < -0.39 is 5.97 Å². The van der Waals surface area contributed by atoms with Crippen LogP contribution in [0.2, 0.25) is 0 Å². The molecule has 0 atom stereocenters. The van der Waals surface area contributed by atoms with E-state index in [9.17, 15) is 4.79 Å². The Balaban J connectivity index is 2.29. The molecule has 0 saturated heterocycles. The Kier molecular flexibility index (Phi) is 4.90. The minimum absolute atomic E-state index is 0.214. The number of carbonyl (C=O) groups is 1. The first-order chi connectivity index (χ1) is 7.24. The summed E-state index contributed by atoms with van der Waals surface area (Å²) in [5, 5.41) is 0. The molecule has 0 aliphatic heterocycles. The number of hydrogen-bond donors (Lipinski definition) is 0. The molecule has 0 radical (unpaired) electrons. The smallest absolute Gasteiger partial charge is 0.330 e. The van der Waals surface area contributed by atoms with Gasteiger partial charge in [0.15, 0.2) is 0 Å². The number of benzene rings is 1. The van der Waals surface area contributed by atoms with Gasteiger partial charge in [0.05, 0.1) is 4.47 Å². The van der Waals surface area contributed by atoms with E-state index in [1.54, 1.807) is 0 Å². The summed E-state index contributed by atoms with van der Waals surface area (Å²) in [6.45, 7) is 3.82. The molecule has 0 heterocycles.